The summed E-state index contributed by atoms with van der Waals surface area (Å²) in [5.74, 6) is -2.07. The third-order valence-electron chi connectivity index (χ3n) is 6.95. The van der Waals surface area contributed by atoms with Crippen molar-refractivity contribution in [3.8, 4) is 11.3 Å². The number of halogens is 3. The van der Waals surface area contributed by atoms with E-state index in [0.717, 1.165) is 36.6 Å². The van der Waals surface area contributed by atoms with Crippen LogP contribution in [-0.2, 0) is 13.5 Å². The largest absolute Gasteiger partial charge is 0.327 e. The van der Waals surface area contributed by atoms with Crippen LogP contribution in [0.5, 0.6) is 0 Å². The molecule has 2 aromatic heterocycles. The van der Waals surface area contributed by atoms with E-state index < -0.39 is 17.5 Å². The molecule has 4 aromatic rings. The van der Waals surface area contributed by atoms with Crippen LogP contribution in [0.3, 0.4) is 0 Å². The Morgan fingerprint density at radius 2 is 1.85 bits per heavy atom. The molecule has 0 radical (unpaired) electrons. The fourth-order valence-corrected chi connectivity index (χ4v) is 5.62. The number of carbonyl (C=O) groups is 1. The number of carbonyl (C=O) groups excluding carboxylic acids is 1. The van der Waals surface area contributed by atoms with Crippen molar-refractivity contribution in [2.45, 2.75) is 37.8 Å². The van der Waals surface area contributed by atoms with Crippen molar-refractivity contribution in [1.29, 1.82) is 0 Å². The Hall–Kier alpha value is -3.68. The lowest BCUT2D eigenvalue weighted by Crippen LogP contribution is -2.49. The predicted octanol–water partition coefficient (Wildman–Crippen LogP) is 5.34. The molecule has 0 saturated carbocycles. The van der Waals surface area contributed by atoms with Crippen molar-refractivity contribution < 1.29 is 18.0 Å². The Morgan fingerprint density at radius 1 is 1.06 bits per heavy atom. The molecule has 2 aliphatic rings. The van der Waals surface area contributed by atoms with Gasteiger partial charge in [0, 0.05) is 47.4 Å². The highest BCUT2D eigenvalue weighted by molar-refractivity contribution is 5.98. The number of aromatic nitrogens is 3. The lowest BCUT2D eigenvalue weighted by atomic mass is 9.81. The zero-order chi connectivity index (χ0) is 23.6. The van der Waals surface area contributed by atoms with Crippen molar-refractivity contribution in [1.82, 2.24) is 19.7 Å². The molecule has 2 aromatic carbocycles. The van der Waals surface area contributed by atoms with E-state index in [1.54, 1.807) is 29.9 Å². The maximum absolute atomic E-state index is 14.7. The fourth-order valence-electron chi connectivity index (χ4n) is 5.62. The average Bonchev–Trinajstić information content (AvgIpc) is 3.13. The highest BCUT2D eigenvalue weighted by Gasteiger charge is 2.43. The van der Waals surface area contributed by atoms with Crippen molar-refractivity contribution in [3.63, 3.8) is 0 Å². The molecule has 0 aliphatic carbocycles. The highest BCUT2D eigenvalue weighted by Crippen LogP contribution is 2.45. The molecule has 1 amide bonds. The smallest absolute Gasteiger partial charge is 0.254 e. The van der Waals surface area contributed by atoms with Gasteiger partial charge in [-0.1, -0.05) is 6.07 Å². The number of aryl methyl sites for hydroxylation is 1. The molecule has 0 unspecified atom stereocenters. The van der Waals surface area contributed by atoms with Gasteiger partial charge in [0.05, 0.1) is 17.4 Å². The monoisotopic (exact) mass is 462 g/mol. The normalized spacial score (nSPS) is 19.4. The van der Waals surface area contributed by atoms with E-state index in [4.69, 9.17) is 5.10 Å². The first-order chi connectivity index (χ1) is 16.4. The zero-order valence-electron chi connectivity index (χ0n) is 18.4. The Labute approximate surface area is 193 Å². The van der Waals surface area contributed by atoms with Crippen LogP contribution in [0.25, 0.3) is 22.2 Å². The Morgan fingerprint density at radius 3 is 2.65 bits per heavy atom. The second kappa shape index (κ2) is 7.68. The molecule has 2 bridgehead atoms. The first-order valence-corrected chi connectivity index (χ1v) is 11.3. The molecule has 34 heavy (non-hydrogen) atoms. The Kier molecular flexibility index (Phi) is 4.72. The molecule has 2 atom stereocenters. The maximum Gasteiger partial charge on any atom is 0.254 e. The van der Waals surface area contributed by atoms with Crippen molar-refractivity contribution in [3.05, 3.63) is 82.9 Å². The van der Waals surface area contributed by atoms with Crippen molar-refractivity contribution in [2.24, 2.45) is 7.05 Å². The minimum absolute atomic E-state index is 0.104. The van der Waals surface area contributed by atoms with E-state index in [0.29, 0.717) is 23.1 Å². The van der Waals surface area contributed by atoms with E-state index in [-0.39, 0.29) is 29.1 Å². The second-order valence-corrected chi connectivity index (χ2v) is 9.04. The van der Waals surface area contributed by atoms with E-state index in [9.17, 15) is 18.0 Å². The van der Waals surface area contributed by atoms with Crippen molar-refractivity contribution in [2.75, 3.05) is 0 Å². The van der Waals surface area contributed by atoms with Gasteiger partial charge < -0.3 is 4.90 Å². The number of fused-ring (bicyclic) bond motifs is 5. The van der Waals surface area contributed by atoms with Crippen LogP contribution in [0.4, 0.5) is 13.2 Å². The van der Waals surface area contributed by atoms with Gasteiger partial charge in [-0.15, -0.1) is 0 Å². The van der Waals surface area contributed by atoms with Gasteiger partial charge in [-0.25, -0.2) is 13.2 Å². The van der Waals surface area contributed by atoms with E-state index in [2.05, 4.69) is 4.98 Å². The topological polar surface area (TPSA) is 51.0 Å². The zero-order valence-corrected chi connectivity index (χ0v) is 18.4. The second-order valence-electron chi connectivity index (χ2n) is 9.04. The summed E-state index contributed by atoms with van der Waals surface area (Å²) < 4.78 is 44.3. The van der Waals surface area contributed by atoms with Crippen molar-refractivity contribution >= 4 is 16.8 Å². The molecule has 1 fully saturated rings. The molecular weight excluding hydrogens is 441 g/mol. The summed E-state index contributed by atoms with van der Waals surface area (Å²) in [7, 11) is 1.75. The average molecular weight is 462 g/mol. The summed E-state index contributed by atoms with van der Waals surface area (Å²) in [5.41, 5.74) is 3.27. The lowest BCUT2D eigenvalue weighted by molar-refractivity contribution is 0.0391. The SMILES string of the molecule is Cn1nc2c(c1-c1cc(F)cc(F)c1)C[C@@H]1CCC[C@H]2N1C(=O)c1cc(F)c2ncccc2c1. The minimum Gasteiger partial charge on any atom is -0.327 e. The van der Waals surface area contributed by atoms with Crippen LogP contribution in [0.2, 0.25) is 0 Å². The first-order valence-electron chi connectivity index (χ1n) is 11.3. The van der Waals surface area contributed by atoms with Crippen LogP contribution < -0.4 is 0 Å². The van der Waals surface area contributed by atoms with Gasteiger partial charge in [-0.3, -0.25) is 14.5 Å². The van der Waals surface area contributed by atoms with Gasteiger partial charge in [0.15, 0.2) is 0 Å². The molecule has 4 heterocycles. The quantitative estimate of drug-likeness (QED) is 0.404. The summed E-state index contributed by atoms with van der Waals surface area (Å²) in [6, 6.07) is 9.46. The number of rotatable bonds is 2. The summed E-state index contributed by atoms with van der Waals surface area (Å²) in [6.45, 7) is 0. The summed E-state index contributed by atoms with van der Waals surface area (Å²) >= 11 is 0. The standard InChI is InChI=1S/C26H21F3N4O/c1-32-25(15-9-17(27)12-18(28)10-15)20-13-19-5-2-6-22(24(20)31-32)33(19)26(34)16-8-14-4-3-7-30-23(14)21(29)11-16/h3-4,7-12,19,22H,2,5-6,13H2,1H3/t19-,22+/m0/s1. The fraction of sp³-hybridized carbons (Fsp3) is 0.269. The Balaban J connectivity index is 1.44. The third-order valence-corrected chi connectivity index (χ3v) is 6.95. The molecule has 172 valence electrons. The number of pyridine rings is 1. The molecule has 5 nitrogen and oxygen atoms in total. The van der Waals surface area contributed by atoms with Gasteiger partial charge in [0.1, 0.15) is 23.0 Å². The number of benzene rings is 2. The number of hydrogen-bond acceptors (Lipinski definition) is 3. The number of piperidine rings is 1. The van der Waals surface area contributed by atoms with Gasteiger partial charge in [-0.2, -0.15) is 5.10 Å². The molecule has 6 rings (SSSR count). The van der Waals surface area contributed by atoms with Gasteiger partial charge in [0.2, 0.25) is 0 Å². The van der Waals surface area contributed by atoms with Crippen LogP contribution in [-0.4, -0.2) is 31.6 Å². The van der Waals surface area contributed by atoms with Crippen LogP contribution >= 0.6 is 0 Å². The number of hydrogen-bond donors (Lipinski definition) is 0. The molecule has 0 spiro atoms. The molecule has 0 N–H and O–H groups in total. The van der Waals surface area contributed by atoms with E-state index in [1.165, 1.54) is 24.4 Å². The van der Waals surface area contributed by atoms with Crippen LogP contribution in [0.1, 0.15) is 46.9 Å². The third kappa shape index (κ3) is 3.20. The molecule has 8 heteroatoms. The van der Waals surface area contributed by atoms with Crippen LogP contribution in [0, 0.1) is 17.5 Å². The van der Waals surface area contributed by atoms with E-state index in [1.807, 2.05) is 4.90 Å². The minimum atomic E-state index is -0.648. The van der Waals surface area contributed by atoms with E-state index >= 15 is 0 Å². The van der Waals surface area contributed by atoms with Gasteiger partial charge in [-0.05, 0) is 56.0 Å². The van der Waals surface area contributed by atoms with Crippen LogP contribution in [0.15, 0.2) is 48.7 Å². The van der Waals surface area contributed by atoms with Gasteiger partial charge >= 0.3 is 0 Å². The number of amides is 1. The maximum atomic E-state index is 14.7. The predicted molar refractivity (Wildman–Crippen MR) is 121 cm³/mol. The van der Waals surface area contributed by atoms with Gasteiger partial charge in [0.25, 0.3) is 5.91 Å². The number of nitrogens with zero attached hydrogens (tertiary/aromatic N) is 4. The summed E-state index contributed by atoms with van der Waals surface area (Å²) in [4.78, 5) is 19.6. The summed E-state index contributed by atoms with van der Waals surface area (Å²) in [6.07, 6.45) is 4.50. The molecule has 1 saturated heterocycles. The summed E-state index contributed by atoms with van der Waals surface area (Å²) in [5, 5.41) is 5.27. The lowest BCUT2D eigenvalue weighted by Gasteiger charge is -2.45. The Bertz CT molecular complexity index is 1440. The highest BCUT2D eigenvalue weighted by atomic mass is 19.1. The molecule has 2 aliphatic heterocycles. The first kappa shape index (κ1) is 20.9. The molecular formula is C26H21F3N4O.